The third kappa shape index (κ3) is 1.94. The number of likely N-dealkylation sites (tertiary alicyclic amines) is 1. The van der Waals surface area contributed by atoms with Gasteiger partial charge >= 0.3 is 0 Å². The molecule has 0 amide bonds. The highest BCUT2D eigenvalue weighted by Crippen LogP contribution is 2.69. The maximum absolute atomic E-state index is 12.7. The molecule has 1 aromatic carbocycles. The van der Waals surface area contributed by atoms with Gasteiger partial charge in [-0.05, 0) is 62.6 Å². The molecule has 2 saturated carbocycles. The summed E-state index contributed by atoms with van der Waals surface area (Å²) in [6.45, 7) is 3.28. The standard InChI is InChI=1S/C25H30N2O6/c28-16-4-3-14-9-17-25(29)6-5-24(21-27-15(11-30-21)12-31-22(27)33-24)20-23(25,18(14)19(16)32-20)7-8-26(17)10-13-1-2-13/h3-4,13,15,17,20-22,28-29H,1-2,5-12H2/t15-,17+,20+,21-,22+,23-,24-,25+/m0/s1. The van der Waals surface area contributed by atoms with E-state index in [0.717, 1.165) is 37.4 Å². The maximum atomic E-state index is 12.7. The summed E-state index contributed by atoms with van der Waals surface area (Å²) in [5.41, 5.74) is -0.0223. The van der Waals surface area contributed by atoms with E-state index in [4.69, 9.17) is 18.9 Å². The Kier molecular flexibility index (Phi) is 3.25. The number of aliphatic hydroxyl groups is 1. The van der Waals surface area contributed by atoms with E-state index in [1.165, 1.54) is 18.4 Å². The number of hydrogen-bond acceptors (Lipinski definition) is 8. The second kappa shape index (κ2) is 5.69. The van der Waals surface area contributed by atoms with E-state index >= 15 is 0 Å². The Morgan fingerprint density at radius 3 is 2.85 bits per heavy atom. The first-order valence-electron chi connectivity index (χ1n) is 12.7. The molecule has 8 nitrogen and oxygen atoms in total. The van der Waals surface area contributed by atoms with Crippen LogP contribution in [0.1, 0.15) is 43.2 Å². The Bertz CT molecular complexity index is 1080. The number of ether oxygens (including phenoxy) is 4. The van der Waals surface area contributed by atoms with Crippen LogP contribution in [0.4, 0.5) is 0 Å². The highest BCUT2D eigenvalue weighted by Gasteiger charge is 2.80. The molecule has 6 fully saturated rings. The molecule has 0 unspecified atom stereocenters. The summed E-state index contributed by atoms with van der Waals surface area (Å²) in [4.78, 5) is 4.79. The Hall–Kier alpha value is -1.42. The largest absolute Gasteiger partial charge is 0.504 e. The minimum absolute atomic E-state index is 0.0630. The van der Waals surface area contributed by atoms with Crippen molar-refractivity contribution in [2.24, 2.45) is 5.92 Å². The average molecular weight is 455 g/mol. The SMILES string of the molecule is Oc1ccc2c3c1O[C@H]1[C@]4(CC[C@@]5(O)[C@@H](C2)N(CC2CC2)CC[C@]315)O[C@H]1OC[C@@H]2CO[C@@H]4N21. The zero-order chi connectivity index (χ0) is 21.7. The van der Waals surface area contributed by atoms with Gasteiger partial charge in [0.25, 0.3) is 0 Å². The van der Waals surface area contributed by atoms with Gasteiger partial charge in [0.05, 0.1) is 30.3 Å². The summed E-state index contributed by atoms with van der Waals surface area (Å²) < 4.78 is 25.8. The van der Waals surface area contributed by atoms with E-state index in [-0.39, 0.29) is 24.1 Å². The third-order valence-electron chi connectivity index (χ3n) is 10.4. The lowest BCUT2D eigenvalue weighted by atomic mass is 9.46. The minimum Gasteiger partial charge on any atom is -0.504 e. The van der Waals surface area contributed by atoms with Gasteiger partial charge in [0.2, 0.25) is 6.41 Å². The van der Waals surface area contributed by atoms with Gasteiger partial charge in [-0.2, -0.15) is 0 Å². The van der Waals surface area contributed by atoms with E-state index in [1.54, 1.807) is 6.07 Å². The van der Waals surface area contributed by atoms with Crippen molar-refractivity contribution < 1.29 is 29.2 Å². The van der Waals surface area contributed by atoms with E-state index in [2.05, 4.69) is 15.9 Å². The van der Waals surface area contributed by atoms with Crippen LogP contribution in [0, 0.1) is 5.92 Å². The van der Waals surface area contributed by atoms with E-state index in [0.29, 0.717) is 31.8 Å². The number of phenolic OH excluding ortho intramolecular Hbond substituents is 1. The molecule has 5 heterocycles. The summed E-state index contributed by atoms with van der Waals surface area (Å²) >= 11 is 0. The van der Waals surface area contributed by atoms with E-state index < -0.39 is 29.1 Å². The minimum atomic E-state index is -0.919. The molecule has 4 saturated heterocycles. The highest BCUT2D eigenvalue weighted by molar-refractivity contribution is 5.63. The van der Waals surface area contributed by atoms with Crippen LogP contribution in [0.3, 0.4) is 0 Å². The number of rotatable bonds is 2. The molecule has 8 atom stereocenters. The molecule has 33 heavy (non-hydrogen) atoms. The predicted octanol–water partition coefficient (Wildman–Crippen LogP) is 1.07. The molecule has 0 radical (unpaired) electrons. The molecule has 176 valence electrons. The third-order valence-corrected chi connectivity index (χ3v) is 10.4. The quantitative estimate of drug-likeness (QED) is 0.687. The monoisotopic (exact) mass is 454 g/mol. The Balaban J connectivity index is 1.24. The second-order valence-corrected chi connectivity index (χ2v) is 11.7. The van der Waals surface area contributed by atoms with Crippen LogP contribution in [-0.2, 0) is 26.0 Å². The van der Waals surface area contributed by atoms with Gasteiger partial charge in [0, 0.05) is 18.2 Å². The van der Waals surface area contributed by atoms with Crippen molar-refractivity contribution in [2.75, 3.05) is 26.3 Å². The van der Waals surface area contributed by atoms with Crippen molar-refractivity contribution in [3.05, 3.63) is 23.3 Å². The molecule has 2 bridgehead atoms. The van der Waals surface area contributed by atoms with Gasteiger partial charge in [-0.25, -0.2) is 4.90 Å². The molecule has 9 rings (SSSR count). The van der Waals surface area contributed by atoms with Crippen molar-refractivity contribution in [1.82, 2.24) is 9.80 Å². The summed E-state index contributed by atoms with van der Waals surface area (Å²) in [5, 5.41) is 23.5. The smallest absolute Gasteiger partial charge is 0.222 e. The van der Waals surface area contributed by atoms with Crippen molar-refractivity contribution >= 4 is 0 Å². The predicted molar refractivity (Wildman–Crippen MR) is 114 cm³/mol. The number of nitrogens with zero attached hydrogens (tertiary/aromatic N) is 2. The number of piperidine rings is 1. The van der Waals surface area contributed by atoms with Crippen LogP contribution in [0.15, 0.2) is 12.1 Å². The van der Waals surface area contributed by atoms with Crippen LogP contribution in [0.5, 0.6) is 11.5 Å². The molecule has 2 N–H and O–H groups in total. The number of hydrogen-bond donors (Lipinski definition) is 2. The normalized spacial score (nSPS) is 51.1. The molecule has 5 aliphatic heterocycles. The fourth-order valence-corrected chi connectivity index (χ4v) is 8.88. The highest BCUT2D eigenvalue weighted by atomic mass is 16.8. The van der Waals surface area contributed by atoms with Gasteiger partial charge < -0.3 is 29.2 Å². The molecule has 0 aromatic heterocycles. The first-order valence-corrected chi connectivity index (χ1v) is 12.7. The molecule has 3 aliphatic carbocycles. The molecular formula is C25H30N2O6. The number of fused-ring (bicyclic) bond motifs is 2. The molecule has 2 spiro atoms. The zero-order valence-electron chi connectivity index (χ0n) is 18.6. The van der Waals surface area contributed by atoms with Gasteiger partial charge in [0.1, 0.15) is 12.3 Å². The molecule has 8 heteroatoms. The summed E-state index contributed by atoms with van der Waals surface area (Å²) in [5.74, 6) is 1.49. The first kappa shape index (κ1) is 18.9. The van der Waals surface area contributed by atoms with Crippen LogP contribution < -0.4 is 4.74 Å². The second-order valence-electron chi connectivity index (χ2n) is 11.7. The maximum Gasteiger partial charge on any atom is 0.222 e. The molecule has 1 aromatic rings. The Morgan fingerprint density at radius 1 is 1.09 bits per heavy atom. The van der Waals surface area contributed by atoms with Crippen LogP contribution in [0.25, 0.3) is 0 Å². The summed E-state index contributed by atoms with van der Waals surface area (Å²) in [6.07, 6.45) is 4.42. The van der Waals surface area contributed by atoms with Crippen molar-refractivity contribution in [1.29, 1.82) is 0 Å². The number of aromatic hydroxyl groups is 1. The number of benzene rings is 1. The van der Waals surface area contributed by atoms with Gasteiger partial charge in [-0.3, -0.25) is 4.90 Å². The lowest BCUT2D eigenvalue weighted by Gasteiger charge is -2.66. The number of phenols is 1. The van der Waals surface area contributed by atoms with Gasteiger partial charge in [-0.15, -0.1) is 0 Å². The first-order chi connectivity index (χ1) is 16.1. The van der Waals surface area contributed by atoms with Crippen molar-refractivity contribution in [3.8, 4) is 11.5 Å². The fourth-order valence-electron chi connectivity index (χ4n) is 8.88. The molecule has 8 aliphatic rings. The Labute approximate surface area is 192 Å². The molecular weight excluding hydrogens is 424 g/mol. The Morgan fingerprint density at radius 2 is 1.97 bits per heavy atom. The average Bonchev–Trinajstić information content (AvgIpc) is 3.14. The van der Waals surface area contributed by atoms with Gasteiger partial charge in [-0.1, -0.05) is 6.07 Å². The fraction of sp³-hybridized carbons (Fsp3) is 0.760. The lowest BCUT2D eigenvalue weighted by Crippen LogP contribution is -2.80. The van der Waals surface area contributed by atoms with Crippen molar-refractivity contribution in [2.45, 2.75) is 86.0 Å². The zero-order valence-corrected chi connectivity index (χ0v) is 18.6. The van der Waals surface area contributed by atoms with E-state index in [9.17, 15) is 10.2 Å². The van der Waals surface area contributed by atoms with Crippen LogP contribution in [0.2, 0.25) is 0 Å². The topological polar surface area (TPSA) is 83.9 Å². The van der Waals surface area contributed by atoms with Crippen LogP contribution in [-0.4, -0.2) is 88.3 Å². The van der Waals surface area contributed by atoms with Gasteiger partial charge in [0.15, 0.2) is 17.1 Å². The van der Waals surface area contributed by atoms with E-state index in [1.807, 2.05) is 0 Å². The summed E-state index contributed by atoms with van der Waals surface area (Å²) in [7, 11) is 0. The lowest BCUT2D eigenvalue weighted by molar-refractivity contribution is -0.274. The van der Waals surface area contributed by atoms with Crippen LogP contribution >= 0.6 is 0 Å². The summed E-state index contributed by atoms with van der Waals surface area (Å²) in [6, 6.07) is 4.09. The van der Waals surface area contributed by atoms with Crippen molar-refractivity contribution in [3.63, 3.8) is 0 Å².